The van der Waals surface area contributed by atoms with Gasteiger partial charge in [-0.25, -0.2) is 4.99 Å². The molecule has 0 saturated carbocycles. The first kappa shape index (κ1) is 22.6. The highest BCUT2D eigenvalue weighted by molar-refractivity contribution is 14.0. The Morgan fingerprint density at radius 3 is 2.54 bits per heavy atom. The smallest absolute Gasteiger partial charge is 0.251 e. The molecular formula is C17H30IN5O. The van der Waals surface area contributed by atoms with Crippen LogP contribution >= 0.6 is 24.0 Å². The van der Waals surface area contributed by atoms with Crippen LogP contribution in [-0.2, 0) is 6.54 Å². The van der Waals surface area contributed by atoms with Gasteiger partial charge in [-0.2, -0.15) is 0 Å². The maximum Gasteiger partial charge on any atom is 0.251 e. The number of nitrogens with zero attached hydrogens (tertiary/aromatic N) is 2. The largest absolute Gasteiger partial charge is 0.370 e. The van der Waals surface area contributed by atoms with Crippen LogP contribution in [0.5, 0.6) is 0 Å². The lowest BCUT2D eigenvalue weighted by molar-refractivity contribution is 0.0951. The van der Waals surface area contributed by atoms with Crippen molar-refractivity contribution in [2.45, 2.75) is 32.9 Å². The lowest BCUT2D eigenvalue weighted by Crippen LogP contribution is -2.44. The minimum Gasteiger partial charge on any atom is -0.370 e. The maximum absolute atomic E-state index is 12.1. The zero-order valence-corrected chi connectivity index (χ0v) is 17.5. The minimum atomic E-state index is -0.123. The zero-order chi connectivity index (χ0) is 17.5. The summed E-state index contributed by atoms with van der Waals surface area (Å²) in [5.41, 5.74) is 7.32. The van der Waals surface area contributed by atoms with Crippen molar-refractivity contribution in [2.75, 3.05) is 27.2 Å². The predicted octanol–water partition coefficient (Wildman–Crippen LogP) is 1.80. The number of carbonyl (C=O) groups excluding carboxylic acids is 1. The second-order valence-electron chi connectivity index (χ2n) is 6.84. The molecule has 0 saturated heterocycles. The minimum absolute atomic E-state index is 0. The van der Waals surface area contributed by atoms with Crippen molar-refractivity contribution in [1.82, 2.24) is 15.5 Å². The Bertz CT molecular complexity index is 552. The lowest BCUT2D eigenvalue weighted by Gasteiger charge is -2.21. The molecular weight excluding hydrogens is 417 g/mol. The van der Waals surface area contributed by atoms with E-state index in [0.29, 0.717) is 24.6 Å². The van der Waals surface area contributed by atoms with Gasteiger partial charge in [-0.15, -0.1) is 24.0 Å². The van der Waals surface area contributed by atoms with Crippen LogP contribution in [0, 0.1) is 0 Å². The molecule has 136 valence electrons. The third kappa shape index (κ3) is 9.71. The molecule has 0 fully saturated rings. The molecule has 0 bridgehead atoms. The van der Waals surface area contributed by atoms with E-state index in [0.717, 1.165) is 12.1 Å². The first-order valence-corrected chi connectivity index (χ1v) is 7.77. The molecule has 1 aromatic rings. The molecule has 0 aromatic heterocycles. The molecule has 0 aliphatic heterocycles. The van der Waals surface area contributed by atoms with Crippen LogP contribution in [0.3, 0.4) is 0 Å². The van der Waals surface area contributed by atoms with Gasteiger partial charge in [0.05, 0.1) is 6.54 Å². The van der Waals surface area contributed by atoms with Crippen molar-refractivity contribution in [2.24, 2.45) is 10.7 Å². The van der Waals surface area contributed by atoms with E-state index in [1.807, 2.05) is 58.0 Å². The average Bonchev–Trinajstić information content (AvgIpc) is 2.43. The Hall–Kier alpha value is -1.35. The molecule has 0 radical (unpaired) electrons. The number of halogens is 1. The summed E-state index contributed by atoms with van der Waals surface area (Å²) < 4.78 is 0. The number of rotatable bonds is 6. The highest BCUT2D eigenvalue weighted by Gasteiger charge is 2.10. The van der Waals surface area contributed by atoms with Crippen LogP contribution in [0.4, 0.5) is 0 Å². The van der Waals surface area contributed by atoms with E-state index < -0.39 is 0 Å². The van der Waals surface area contributed by atoms with E-state index in [4.69, 9.17) is 5.73 Å². The third-order valence-electron chi connectivity index (χ3n) is 2.97. The van der Waals surface area contributed by atoms with Crippen molar-refractivity contribution >= 4 is 35.8 Å². The number of amides is 1. The molecule has 1 rings (SSSR count). The topological polar surface area (TPSA) is 82.8 Å². The fourth-order valence-corrected chi connectivity index (χ4v) is 1.91. The lowest BCUT2D eigenvalue weighted by atomic mass is 10.1. The van der Waals surface area contributed by atoms with Crippen LogP contribution < -0.4 is 16.4 Å². The highest BCUT2D eigenvalue weighted by Crippen LogP contribution is 2.07. The maximum atomic E-state index is 12.1. The van der Waals surface area contributed by atoms with Gasteiger partial charge in [0.1, 0.15) is 0 Å². The second-order valence-corrected chi connectivity index (χ2v) is 6.84. The average molecular weight is 447 g/mol. The summed E-state index contributed by atoms with van der Waals surface area (Å²) >= 11 is 0. The molecule has 0 atom stereocenters. The molecule has 0 heterocycles. The van der Waals surface area contributed by atoms with Crippen molar-refractivity contribution in [3.05, 3.63) is 35.4 Å². The number of nitrogens with one attached hydrogen (secondary N) is 2. The number of hydrogen-bond acceptors (Lipinski definition) is 3. The number of hydrogen-bond donors (Lipinski definition) is 3. The van der Waals surface area contributed by atoms with Crippen molar-refractivity contribution in [1.29, 1.82) is 0 Å². The standard InChI is InChI=1S/C17H29N5O.HI/c1-17(2,3)21-16(18)20-12-13-7-6-8-14(11-13)15(23)19-9-10-22(4)5;/h6-8,11H,9-10,12H2,1-5H3,(H,19,23)(H3,18,20,21);1H. The van der Waals surface area contributed by atoms with Crippen molar-refractivity contribution < 1.29 is 4.79 Å². The van der Waals surface area contributed by atoms with Crippen LogP contribution in [0.25, 0.3) is 0 Å². The van der Waals surface area contributed by atoms with Gasteiger partial charge < -0.3 is 21.3 Å². The molecule has 1 amide bonds. The van der Waals surface area contributed by atoms with E-state index in [1.165, 1.54) is 0 Å². The van der Waals surface area contributed by atoms with Crippen LogP contribution in [-0.4, -0.2) is 49.5 Å². The fraction of sp³-hybridized carbons (Fsp3) is 0.529. The molecule has 0 unspecified atom stereocenters. The summed E-state index contributed by atoms with van der Waals surface area (Å²) in [5.74, 6) is 0.330. The molecule has 0 aliphatic carbocycles. The number of carbonyl (C=O) groups is 1. The van der Waals surface area contributed by atoms with Gasteiger partial charge in [-0.3, -0.25) is 4.79 Å². The Morgan fingerprint density at radius 2 is 1.96 bits per heavy atom. The van der Waals surface area contributed by atoms with Gasteiger partial charge in [0.15, 0.2) is 5.96 Å². The van der Waals surface area contributed by atoms with E-state index in [-0.39, 0.29) is 35.4 Å². The van der Waals surface area contributed by atoms with Crippen LogP contribution in [0.2, 0.25) is 0 Å². The molecule has 4 N–H and O–H groups in total. The number of benzene rings is 1. The molecule has 1 aromatic carbocycles. The summed E-state index contributed by atoms with van der Waals surface area (Å²) in [4.78, 5) is 18.4. The highest BCUT2D eigenvalue weighted by atomic mass is 127. The molecule has 0 spiro atoms. The number of likely N-dealkylation sites (N-methyl/N-ethyl adjacent to an activating group) is 1. The SMILES string of the molecule is CN(C)CCNC(=O)c1cccc(CN=C(N)NC(C)(C)C)c1.I. The van der Waals surface area contributed by atoms with Gasteiger partial charge in [-0.05, 0) is 52.6 Å². The Kier molecular flexibility index (Phi) is 9.91. The molecule has 7 heteroatoms. The second kappa shape index (κ2) is 10.5. The Balaban J connectivity index is 0.00000529. The molecule has 24 heavy (non-hydrogen) atoms. The normalized spacial score (nSPS) is 11.8. The van der Waals surface area contributed by atoms with Crippen molar-refractivity contribution in [3.8, 4) is 0 Å². The van der Waals surface area contributed by atoms with Gasteiger partial charge in [-0.1, -0.05) is 12.1 Å². The van der Waals surface area contributed by atoms with Crippen LogP contribution in [0.15, 0.2) is 29.3 Å². The first-order valence-electron chi connectivity index (χ1n) is 7.77. The number of aliphatic imine (C=N–C) groups is 1. The number of guanidine groups is 1. The summed E-state index contributed by atoms with van der Waals surface area (Å²) in [6, 6.07) is 7.44. The van der Waals surface area contributed by atoms with E-state index in [1.54, 1.807) is 6.07 Å². The van der Waals surface area contributed by atoms with E-state index in [9.17, 15) is 4.79 Å². The summed E-state index contributed by atoms with van der Waals surface area (Å²) in [5, 5.41) is 6.01. The van der Waals surface area contributed by atoms with Gasteiger partial charge >= 0.3 is 0 Å². The molecule has 0 aliphatic rings. The van der Waals surface area contributed by atoms with Gasteiger partial charge in [0.2, 0.25) is 0 Å². The Morgan fingerprint density at radius 1 is 1.29 bits per heavy atom. The van der Waals surface area contributed by atoms with Gasteiger partial charge in [0.25, 0.3) is 5.91 Å². The predicted molar refractivity (Wildman–Crippen MR) is 111 cm³/mol. The Labute approximate surface area is 162 Å². The monoisotopic (exact) mass is 447 g/mol. The van der Waals surface area contributed by atoms with Crippen LogP contribution in [0.1, 0.15) is 36.7 Å². The summed E-state index contributed by atoms with van der Waals surface area (Å²) in [6.07, 6.45) is 0. The summed E-state index contributed by atoms with van der Waals surface area (Å²) in [7, 11) is 3.95. The molecule has 6 nitrogen and oxygen atoms in total. The number of nitrogens with two attached hydrogens (primary N) is 1. The first-order chi connectivity index (χ1) is 10.7. The van der Waals surface area contributed by atoms with E-state index >= 15 is 0 Å². The third-order valence-corrected chi connectivity index (χ3v) is 2.97. The zero-order valence-electron chi connectivity index (χ0n) is 15.2. The van der Waals surface area contributed by atoms with E-state index in [2.05, 4.69) is 15.6 Å². The van der Waals surface area contributed by atoms with Crippen molar-refractivity contribution in [3.63, 3.8) is 0 Å². The summed E-state index contributed by atoms with van der Waals surface area (Å²) in [6.45, 7) is 7.94. The fourth-order valence-electron chi connectivity index (χ4n) is 1.91. The quantitative estimate of drug-likeness (QED) is 0.353. The van der Waals surface area contributed by atoms with Gasteiger partial charge in [0, 0.05) is 24.2 Å².